The van der Waals surface area contributed by atoms with Crippen molar-refractivity contribution in [3.8, 4) is 0 Å². The molecule has 1 aliphatic rings. The number of fused-ring (bicyclic) bond motifs is 1. The van der Waals surface area contributed by atoms with Gasteiger partial charge in [-0.15, -0.1) is 0 Å². The number of amides is 2. The number of likely N-dealkylation sites (tertiary alicyclic amines) is 1. The normalized spacial score (nSPS) is 14.7. The van der Waals surface area contributed by atoms with Crippen LogP contribution in [0.3, 0.4) is 0 Å². The molecule has 0 spiro atoms. The lowest BCUT2D eigenvalue weighted by atomic mass is 9.91. The summed E-state index contributed by atoms with van der Waals surface area (Å²) in [5.74, 6) is 0.603. The zero-order chi connectivity index (χ0) is 20.8. The summed E-state index contributed by atoms with van der Waals surface area (Å²) in [7, 11) is 0. The number of piperidine rings is 1. The molecule has 0 aliphatic carbocycles. The number of aromatic amines is 1. The lowest BCUT2D eigenvalue weighted by molar-refractivity contribution is 0.0680. The van der Waals surface area contributed by atoms with Crippen molar-refractivity contribution in [1.82, 2.24) is 25.2 Å². The summed E-state index contributed by atoms with van der Waals surface area (Å²) in [4.78, 5) is 38.0. The van der Waals surface area contributed by atoms with E-state index in [0.717, 1.165) is 56.1 Å². The lowest BCUT2D eigenvalue weighted by Crippen LogP contribution is -2.38. The number of carbonyl (C=O) groups is 2. The van der Waals surface area contributed by atoms with Gasteiger partial charge in [0, 0.05) is 49.1 Å². The van der Waals surface area contributed by atoms with E-state index in [1.165, 1.54) is 0 Å². The molecular formula is C23H27N5O2. The van der Waals surface area contributed by atoms with E-state index in [0.29, 0.717) is 23.9 Å². The van der Waals surface area contributed by atoms with Crippen LogP contribution in [-0.2, 0) is 0 Å². The Morgan fingerprint density at radius 3 is 2.77 bits per heavy atom. The van der Waals surface area contributed by atoms with Crippen LogP contribution in [0.15, 0.2) is 48.9 Å². The van der Waals surface area contributed by atoms with E-state index in [1.807, 2.05) is 29.2 Å². The molecule has 3 aromatic heterocycles. The average Bonchev–Trinajstić information content (AvgIpc) is 3.24. The topological polar surface area (TPSA) is 91.0 Å². The van der Waals surface area contributed by atoms with Crippen molar-refractivity contribution in [1.29, 1.82) is 0 Å². The minimum Gasteiger partial charge on any atom is -0.351 e. The molecule has 0 bridgehead atoms. The summed E-state index contributed by atoms with van der Waals surface area (Å²) in [6.45, 7) is 2.27. The van der Waals surface area contributed by atoms with Gasteiger partial charge in [0.05, 0.1) is 0 Å². The van der Waals surface area contributed by atoms with Crippen LogP contribution in [0.1, 0.15) is 53.1 Å². The van der Waals surface area contributed by atoms with Crippen LogP contribution < -0.4 is 5.32 Å². The molecule has 0 atom stereocenters. The van der Waals surface area contributed by atoms with Crippen LogP contribution >= 0.6 is 0 Å². The highest BCUT2D eigenvalue weighted by molar-refractivity contribution is 5.97. The Morgan fingerprint density at radius 1 is 1.13 bits per heavy atom. The molecule has 0 unspecified atom stereocenters. The van der Waals surface area contributed by atoms with Gasteiger partial charge in [0.1, 0.15) is 11.4 Å². The summed E-state index contributed by atoms with van der Waals surface area (Å²) < 4.78 is 0. The summed E-state index contributed by atoms with van der Waals surface area (Å²) in [5, 5.41) is 3.93. The van der Waals surface area contributed by atoms with E-state index >= 15 is 0 Å². The predicted octanol–water partition coefficient (Wildman–Crippen LogP) is 3.41. The Morgan fingerprint density at radius 2 is 2.00 bits per heavy atom. The van der Waals surface area contributed by atoms with Crippen LogP contribution in [0.5, 0.6) is 0 Å². The van der Waals surface area contributed by atoms with E-state index in [1.54, 1.807) is 24.7 Å². The quantitative estimate of drug-likeness (QED) is 0.590. The number of hydrogen-bond donors (Lipinski definition) is 2. The second kappa shape index (κ2) is 9.52. The molecule has 4 rings (SSSR count). The van der Waals surface area contributed by atoms with Crippen LogP contribution in [0.25, 0.3) is 10.9 Å². The van der Waals surface area contributed by atoms with Crippen LogP contribution in [0.2, 0.25) is 0 Å². The number of carbonyl (C=O) groups excluding carboxylic acids is 2. The maximum atomic E-state index is 12.5. The average molecular weight is 406 g/mol. The highest BCUT2D eigenvalue weighted by Gasteiger charge is 2.23. The van der Waals surface area contributed by atoms with Crippen molar-refractivity contribution in [3.63, 3.8) is 0 Å². The van der Waals surface area contributed by atoms with Gasteiger partial charge in [0.15, 0.2) is 0 Å². The van der Waals surface area contributed by atoms with Gasteiger partial charge in [-0.05, 0) is 49.4 Å². The molecule has 7 heteroatoms. The first-order valence-corrected chi connectivity index (χ1v) is 10.6. The number of hydrogen-bond acceptors (Lipinski definition) is 4. The Kier molecular flexibility index (Phi) is 6.37. The van der Waals surface area contributed by atoms with Crippen LogP contribution in [-0.4, -0.2) is 51.3 Å². The molecule has 30 heavy (non-hydrogen) atoms. The van der Waals surface area contributed by atoms with Gasteiger partial charge in [0.2, 0.25) is 0 Å². The zero-order valence-electron chi connectivity index (χ0n) is 17.0. The Bertz CT molecular complexity index is 960. The van der Waals surface area contributed by atoms with E-state index < -0.39 is 0 Å². The first-order chi connectivity index (χ1) is 14.7. The van der Waals surface area contributed by atoms with Gasteiger partial charge in [-0.2, -0.15) is 0 Å². The molecule has 3 aromatic rings. The van der Waals surface area contributed by atoms with E-state index in [9.17, 15) is 9.59 Å². The SMILES string of the molecule is O=C(NCCCCC1CCN(C(=O)c2ccccn2)CC1)c1cc2cnccc2[nH]1. The first-order valence-electron chi connectivity index (χ1n) is 10.6. The van der Waals surface area contributed by atoms with Crippen molar-refractivity contribution in [2.45, 2.75) is 32.1 Å². The second-order valence-corrected chi connectivity index (χ2v) is 7.85. The summed E-state index contributed by atoms with van der Waals surface area (Å²) in [5.41, 5.74) is 2.02. The predicted molar refractivity (Wildman–Crippen MR) is 115 cm³/mol. The van der Waals surface area contributed by atoms with E-state index in [-0.39, 0.29) is 11.8 Å². The summed E-state index contributed by atoms with van der Waals surface area (Å²) in [6, 6.07) is 9.14. The second-order valence-electron chi connectivity index (χ2n) is 7.85. The summed E-state index contributed by atoms with van der Waals surface area (Å²) in [6.07, 6.45) is 10.4. The fourth-order valence-electron chi connectivity index (χ4n) is 4.03. The maximum absolute atomic E-state index is 12.5. The molecule has 1 aliphatic heterocycles. The third-order valence-electron chi connectivity index (χ3n) is 5.78. The minimum absolute atomic E-state index is 0.0320. The lowest BCUT2D eigenvalue weighted by Gasteiger charge is -2.31. The number of unbranched alkanes of at least 4 members (excludes halogenated alkanes) is 1. The highest BCUT2D eigenvalue weighted by atomic mass is 16.2. The van der Waals surface area contributed by atoms with E-state index in [4.69, 9.17) is 0 Å². The van der Waals surface area contributed by atoms with E-state index in [2.05, 4.69) is 20.3 Å². The first kappa shape index (κ1) is 20.1. The Balaban J connectivity index is 1.13. The highest BCUT2D eigenvalue weighted by Crippen LogP contribution is 2.23. The van der Waals surface area contributed by atoms with Gasteiger partial charge in [-0.25, -0.2) is 0 Å². The van der Waals surface area contributed by atoms with Gasteiger partial charge in [0.25, 0.3) is 11.8 Å². The zero-order valence-corrected chi connectivity index (χ0v) is 17.0. The van der Waals surface area contributed by atoms with Crippen LogP contribution in [0.4, 0.5) is 0 Å². The molecule has 0 aromatic carbocycles. The fourth-order valence-corrected chi connectivity index (χ4v) is 4.03. The standard InChI is InChI=1S/C23H27N5O2/c29-22(21-15-18-16-24-12-7-19(18)27-21)26-11-3-1-5-17-8-13-28(14-9-17)23(30)20-6-2-4-10-25-20/h2,4,6-7,10,12,15-17,27H,1,3,5,8-9,11,13-14H2,(H,26,29). The van der Waals surface area contributed by atoms with Crippen molar-refractivity contribution in [2.75, 3.05) is 19.6 Å². The number of nitrogens with one attached hydrogen (secondary N) is 2. The number of H-pyrrole nitrogens is 1. The Labute approximate surface area is 175 Å². The minimum atomic E-state index is -0.0763. The molecule has 2 N–H and O–H groups in total. The van der Waals surface area contributed by atoms with Crippen molar-refractivity contribution < 1.29 is 9.59 Å². The number of nitrogens with zero attached hydrogens (tertiary/aromatic N) is 3. The molecule has 1 fully saturated rings. The molecule has 2 amide bonds. The maximum Gasteiger partial charge on any atom is 0.272 e. The van der Waals surface area contributed by atoms with Gasteiger partial charge < -0.3 is 15.2 Å². The smallest absolute Gasteiger partial charge is 0.272 e. The number of pyridine rings is 2. The molecule has 0 radical (unpaired) electrons. The van der Waals surface area contributed by atoms with Gasteiger partial charge in [-0.3, -0.25) is 19.6 Å². The molecule has 1 saturated heterocycles. The third kappa shape index (κ3) is 4.84. The molecule has 0 saturated carbocycles. The molecule has 7 nitrogen and oxygen atoms in total. The third-order valence-corrected chi connectivity index (χ3v) is 5.78. The van der Waals surface area contributed by atoms with Gasteiger partial charge >= 0.3 is 0 Å². The molecular weight excluding hydrogens is 378 g/mol. The Hall–Kier alpha value is -3.22. The number of aromatic nitrogens is 3. The van der Waals surface area contributed by atoms with Crippen molar-refractivity contribution in [2.24, 2.45) is 5.92 Å². The number of rotatable bonds is 7. The monoisotopic (exact) mass is 405 g/mol. The van der Waals surface area contributed by atoms with Crippen molar-refractivity contribution >= 4 is 22.7 Å². The van der Waals surface area contributed by atoms with Crippen molar-refractivity contribution in [3.05, 3.63) is 60.3 Å². The summed E-state index contributed by atoms with van der Waals surface area (Å²) >= 11 is 0. The largest absolute Gasteiger partial charge is 0.351 e. The van der Waals surface area contributed by atoms with Crippen LogP contribution in [0, 0.1) is 5.92 Å². The molecule has 4 heterocycles. The molecule has 156 valence electrons. The van der Waals surface area contributed by atoms with Gasteiger partial charge in [-0.1, -0.05) is 18.9 Å². The fraction of sp³-hybridized carbons (Fsp3) is 0.391.